The van der Waals surface area contributed by atoms with Crippen molar-refractivity contribution in [2.45, 2.75) is 25.7 Å². The van der Waals surface area contributed by atoms with Gasteiger partial charge in [-0.15, -0.1) is 11.3 Å². The van der Waals surface area contributed by atoms with E-state index in [0.29, 0.717) is 5.13 Å². The number of ether oxygens (including phenoxy) is 1. The van der Waals surface area contributed by atoms with Crippen molar-refractivity contribution in [1.29, 1.82) is 0 Å². The molecule has 1 fully saturated rings. The second kappa shape index (κ2) is 5.95. The monoisotopic (exact) mass is 268 g/mol. The summed E-state index contributed by atoms with van der Waals surface area (Å²) in [5.74, 6) is -1.36. The van der Waals surface area contributed by atoms with Gasteiger partial charge in [-0.1, -0.05) is 12.8 Å². The van der Waals surface area contributed by atoms with E-state index in [4.69, 9.17) is 4.74 Å². The summed E-state index contributed by atoms with van der Waals surface area (Å²) in [5, 5.41) is 4.98. The Labute approximate surface area is 110 Å². The third-order valence-electron chi connectivity index (χ3n) is 3.27. The van der Waals surface area contributed by atoms with E-state index in [0.717, 1.165) is 25.7 Å². The van der Waals surface area contributed by atoms with Crippen LogP contribution in [0.2, 0.25) is 0 Å². The van der Waals surface area contributed by atoms with Gasteiger partial charge in [0, 0.05) is 11.6 Å². The predicted molar refractivity (Wildman–Crippen MR) is 68.2 cm³/mol. The zero-order valence-electron chi connectivity index (χ0n) is 10.2. The second-order valence-electron chi connectivity index (χ2n) is 4.37. The lowest BCUT2D eigenvalue weighted by atomic mass is 9.90. The van der Waals surface area contributed by atoms with Crippen LogP contribution in [-0.4, -0.2) is 24.0 Å². The van der Waals surface area contributed by atoms with E-state index >= 15 is 0 Å². The Bertz CT molecular complexity index is 413. The molecule has 0 bridgehead atoms. The molecule has 1 aromatic heterocycles. The molecule has 1 aromatic rings. The number of amides is 1. The molecule has 0 unspecified atom stereocenters. The van der Waals surface area contributed by atoms with Gasteiger partial charge in [0.25, 0.3) is 0 Å². The summed E-state index contributed by atoms with van der Waals surface area (Å²) < 4.78 is 4.75. The number of rotatable bonds is 4. The Morgan fingerprint density at radius 1 is 1.50 bits per heavy atom. The molecule has 1 heterocycles. The van der Waals surface area contributed by atoms with E-state index in [2.05, 4.69) is 10.3 Å². The molecule has 98 valence electrons. The van der Waals surface area contributed by atoms with Gasteiger partial charge in [-0.05, 0) is 18.8 Å². The molecule has 1 N–H and O–H groups in total. The highest BCUT2D eigenvalue weighted by Gasteiger charge is 2.37. The lowest BCUT2D eigenvalue weighted by molar-refractivity contribution is -0.150. The fourth-order valence-electron chi connectivity index (χ4n) is 2.40. The number of methoxy groups -OCH3 is 1. The van der Waals surface area contributed by atoms with Gasteiger partial charge in [0.2, 0.25) is 5.91 Å². The lowest BCUT2D eigenvalue weighted by Gasteiger charge is -2.19. The minimum atomic E-state index is -0.707. The Balaban J connectivity index is 2.07. The van der Waals surface area contributed by atoms with Crippen LogP contribution in [0.4, 0.5) is 5.13 Å². The smallest absolute Gasteiger partial charge is 0.318 e. The van der Waals surface area contributed by atoms with Gasteiger partial charge in [-0.2, -0.15) is 0 Å². The molecule has 1 saturated carbocycles. The first-order valence-corrected chi connectivity index (χ1v) is 6.88. The molecule has 0 aromatic carbocycles. The van der Waals surface area contributed by atoms with Gasteiger partial charge < -0.3 is 10.1 Å². The van der Waals surface area contributed by atoms with E-state index < -0.39 is 11.9 Å². The maximum Gasteiger partial charge on any atom is 0.318 e. The van der Waals surface area contributed by atoms with E-state index in [1.807, 2.05) is 0 Å². The van der Waals surface area contributed by atoms with Crippen LogP contribution in [0.5, 0.6) is 0 Å². The number of nitrogens with one attached hydrogen (secondary N) is 1. The molecule has 1 atom stereocenters. The van der Waals surface area contributed by atoms with Gasteiger partial charge in [-0.25, -0.2) is 4.98 Å². The third kappa shape index (κ3) is 2.87. The van der Waals surface area contributed by atoms with Crippen molar-refractivity contribution in [3.8, 4) is 0 Å². The van der Waals surface area contributed by atoms with Crippen LogP contribution >= 0.6 is 11.3 Å². The van der Waals surface area contributed by atoms with Gasteiger partial charge >= 0.3 is 5.97 Å². The van der Waals surface area contributed by atoms with Crippen LogP contribution in [0, 0.1) is 11.8 Å². The van der Waals surface area contributed by atoms with Crippen molar-refractivity contribution < 1.29 is 14.3 Å². The Morgan fingerprint density at radius 2 is 2.22 bits per heavy atom. The highest BCUT2D eigenvalue weighted by molar-refractivity contribution is 7.13. The molecule has 0 aliphatic heterocycles. The summed E-state index contributed by atoms with van der Waals surface area (Å²) in [4.78, 5) is 27.9. The van der Waals surface area contributed by atoms with Crippen LogP contribution < -0.4 is 5.32 Å². The lowest BCUT2D eigenvalue weighted by Crippen LogP contribution is -2.35. The van der Waals surface area contributed by atoms with Crippen LogP contribution in [0.3, 0.4) is 0 Å². The Kier molecular flexibility index (Phi) is 4.30. The number of hydrogen-bond donors (Lipinski definition) is 1. The first kappa shape index (κ1) is 13.0. The molecule has 1 aliphatic carbocycles. The molecule has 0 saturated heterocycles. The number of thiazole rings is 1. The molecule has 0 radical (unpaired) electrons. The Morgan fingerprint density at radius 3 is 2.78 bits per heavy atom. The predicted octanol–water partition coefficient (Wildman–Crippen LogP) is 2.06. The van der Waals surface area contributed by atoms with Crippen molar-refractivity contribution in [2.24, 2.45) is 11.8 Å². The van der Waals surface area contributed by atoms with Gasteiger partial charge in [-0.3, -0.25) is 9.59 Å². The quantitative estimate of drug-likeness (QED) is 0.670. The van der Waals surface area contributed by atoms with Crippen LogP contribution in [0.1, 0.15) is 25.7 Å². The van der Waals surface area contributed by atoms with Crippen molar-refractivity contribution in [2.75, 3.05) is 12.4 Å². The van der Waals surface area contributed by atoms with Crippen molar-refractivity contribution in [3.05, 3.63) is 11.6 Å². The fraction of sp³-hybridized carbons (Fsp3) is 0.583. The van der Waals surface area contributed by atoms with Gasteiger partial charge in [0.15, 0.2) is 5.13 Å². The summed E-state index contributed by atoms with van der Waals surface area (Å²) in [6.07, 6.45) is 5.57. The standard InChI is InChI=1S/C12H16N2O3S/c1-17-11(16)9(8-4-2-3-5-8)10(15)14-12-13-6-7-18-12/h6-9H,2-5H2,1H3,(H,13,14,15)/t9-/m0/s1. The first-order chi connectivity index (χ1) is 8.72. The number of nitrogens with zero attached hydrogens (tertiary/aromatic N) is 1. The Hall–Kier alpha value is -1.43. The number of aromatic nitrogens is 1. The summed E-state index contributed by atoms with van der Waals surface area (Å²) >= 11 is 1.34. The summed E-state index contributed by atoms with van der Waals surface area (Å²) in [7, 11) is 1.32. The second-order valence-corrected chi connectivity index (χ2v) is 5.27. The van der Waals surface area contributed by atoms with E-state index in [9.17, 15) is 9.59 Å². The maximum absolute atomic E-state index is 12.2. The molecular formula is C12H16N2O3S. The van der Waals surface area contributed by atoms with Crippen molar-refractivity contribution >= 4 is 28.3 Å². The highest BCUT2D eigenvalue weighted by Crippen LogP contribution is 2.33. The molecule has 5 nitrogen and oxygen atoms in total. The minimum absolute atomic E-state index is 0.0948. The average Bonchev–Trinajstić information content (AvgIpc) is 3.02. The minimum Gasteiger partial charge on any atom is -0.468 e. The molecule has 0 spiro atoms. The zero-order valence-corrected chi connectivity index (χ0v) is 11.0. The van der Waals surface area contributed by atoms with Crippen molar-refractivity contribution in [1.82, 2.24) is 4.98 Å². The summed E-state index contributed by atoms with van der Waals surface area (Å²) in [6.45, 7) is 0. The number of carbonyl (C=O) groups is 2. The largest absolute Gasteiger partial charge is 0.468 e. The normalized spacial score (nSPS) is 17.4. The van der Waals surface area contributed by atoms with Crippen LogP contribution in [0.25, 0.3) is 0 Å². The molecule has 1 aliphatic rings. The molecule has 18 heavy (non-hydrogen) atoms. The molecule has 1 amide bonds. The van der Waals surface area contributed by atoms with Gasteiger partial charge in [0.1, 0.15) is 5.92 Å². The van der Waals surface area contributed by atoms with Crippen molar-refractivity contribution in [3.63, 3.8) is 0 Å². The van der Waals surface area contributed by atoms with Gasteiger partial charge in [0.05, 0.1) is 7.11 Å². The topological polar surface area (TPSA) is 68.3 Å². The zero-order chi connectivity index (χ0) is 13.0. The SMILES string of the molecule is COC(=O)[C@H](C(=O)Nc1nccs1)C1CCCC1. The average molecular weight is 268 g/mol. The first-order valence-electron chi connectivity index (χ1n) is 6.00. The highest BCUT2D eigenvalue weighted by atomic mass is 32.1. The molecule has 6 heteroatoms. The maximum atomic E-state index is 12.2. The number of anilines is 1. The fourth-order valence-corrected chi connectivity index (χ4v) is 2.93. The number of hydrogen-bond acceptors (Lipinski definition) is 5. The molecular weight excluding hydrogens is 252 g/mol. The summed E-state index contributed by atoms with van der Waals surface area (Å²) in [5.41, 5.74) is 0. The van der Waals surface area contributed by atoms with E-state index in [1.54, 1.807) is 11.6 Å². The third-order valence-corrected chi connectivity index (χ3v) is 3.96. The summed E-state index contributed by atoms with van der Waals surface area (Å²) in [6, 6.07) is 0. The van der Waals surface area contributed by atoms with Crippen LogP contribution in [0.15, 0.2) is 11.6 Å². The van der Waals surface area contributed by atoms with E-state index in [1.165, 1.54) is 18.4 Å². The number of esters is 1. The number of carbonyl (C=O) groups excluding carboxylic acids is 2. The van der Waals surface area contributed by atoms with Crippen LogP contribution in [-0.2, 0) is 14.3 Å². The van der Waals surface area contributed by atoms with E-state index in [-0.39, 0.29) is 11.8 Å². The molecule has 2 rings (SSSR count).